The Hall–Kier alpha value is -2.88. The number of nitrogens with one attached hydrogen (secondary N) is 3. The molecule has 0 radical (unpaired) electrons. The maximum absolute atomic E-state index is 14.6. The largest absolute Gasteiger partial charge is 0.365 e. The fourth-order valence-electron chi connectivity index (χ4n) is 3.74. The van der Waals surface area contributed by atoms with Crippen LogP contribution in [-0.4, -0.2) is 35.9 Å². The lowest BCUT2D eigenvalue weighted by atomic mass is 9.87. The molecule has 0 spiro atoms. The molecule has 0 saturated heterocycles. The van der Waals surface area contributed by atoms with Crippen molar-refractivity contribution in [2.75, 3.05) is 17.7 Å². The summed E-state index contributed by atoms with van der Waals surface area (Å²) in [6, 6.07) is 2.96. The van der Waals surface area contributed by atoms with Gasteiger partial charge in [0.2, 0.25) is 0 Å². The Morgan fingerprint density at radius 2 is 1.93 bits per heavy atom. The molecule has 1 aliphatic carbocycles. The molecule has 2 unspecified atom stereocenters. The van der Waals surface area contributed by atoms with E-state index in [-0.39, 0.29) is 35.7 Å². The van der Waals surface area contributed by atoms with Crippen LogP contribution in [0.5, 0.6) is 0 Å². The van der Waals surface area contributed by atoms with Crippen molar-refractivity contribution >= 4 is 23.2 Å². The third-order valence-electron chi connectivity index (χ3n) is 5.06. The van der Waals surface area contributed by atoms with Crippen LogP contribution >= 0.6 is 0 Å². The molecule has 162 valence electrons. The Labute approximate surface area is 171 Å². The topological polar surface area (TPSA) is 92.1 Å². The van der Waals surface area contributed by atoms with Crippen LogP contribution in [0.4, 0.5) is 34.9 Å². The number of amides is 1. The number of hydrogen-bond acceptors (Lipinski definition) is 5. The van der Waals surface area contributed by atoms with Gasteiger partial charge in [-0.15, -0.1) is 0 Å². The van der Waals surface area contributed by atoms with E-state index in [0.717, 1.165) is 6.07 Å². The highest BCUT2D eigenvalue weighted by Gasteiger charge is 2.46. The third-order valence-corrected chi connectivity index (χ3v) is 5.06. The molecule has 1 aromatic carbocycles. The van der Waals surface area contributed by atoms with Crippen LogP contribution in [0.1, 0.15) is 35.2 Å². The smallest absolute Gasteiger partial charge is 0.265 e. The van der Waals surface area contributed by atoms with Gasteiger partial charge in [-0.3, -0.25) is 4.79 Å². The van der Waals surface area contributed by atoms with Crippen LogP contribution in [0, 0.1) is 18.6 Å². The standard InChI is InChI=1S/C20H23F4N5O/c1-10-6-11(21)8-12(7-10)27-18-13(17(25)30)9-14(22)19(29-18)28-15-4-3-5-20(23,24)16(15)26-2/h6-9,15-16,26H,3-5H2,1-2H3,(H2,25,30)(H2,27,28,29). The summed E-state index contributed by atoms with van der Waals surface area (Å²) in [6.45, 7) is 1.68. The van der Waals surface area contributed by atoms with Crippen molar-refractivity contribution in [1.29, 1.82) is 0 Å². The zero-order chi connectivity index (χ0) is 22.1. The number of likely N-dealkylation sites (N-methyl/N-ethyl adjacent to an activating group) is 1. The molecule has 6 nitrogen and oxygen atoms in total. The molecule has 10 heteroatoms. The minimum absolute atomic E-state index is 0.111. The number of benzene rings is 1. The number of nitrogens with zero attached hydrogens (tertiary/aromatic N) is 1. The van der Waals surface area contributed by atoms with Crippen molar-refractivity contribution in [3.63, 3.8) is 0 Å². The lowest BCUT2D eigenvalue weighted by molar-refractivity contribution is -0.0654. The molecular formula is C20H23F4N5O. The maximum Gasteiger partial charge on any atom is 0.265 e. The van der Waals surface area contributed by atoms with Gasteiger partial charge in [0, 0.05) is 18.2 Å². The number of carbonyl (C=O) groups is 1. The Balaban J connectivity index is 1.96. The SMILES string of the molecule is CNC1C(Nc2nc(Nc3cc(C)cc(F)c3)c(C(N)=O)cc2F)CCCC1(F)F. The molecule has 3 rings (SSSR count). The number of alkyl halides is 2. The number of anilines is 3. The van der Waals surface area contributed by atoms with Crippen molar-refractivity contribution in [3.8, 4) is 0 Å². The van der Waals surface area contributed by atoms with E-state index in [1.807, 2.05) is 0 Å². The van der Waals surface area contributed by atoms with Gasteiger partial charge in [0.1, 0.15) is 11.6 Å². The highest BCUT2D eigenvalue weighted by molar-refractivity contribution is 5.98. The quantitative estimate of drug-likeness (QED) is 0.530. The van der Waals surface area contributed by atoms with E-state index >= 15 is 0 Å². The van der Waals surface area contributed by atoms with E-state index in [9.17, 15) is 22.4 Å². The molecule has 2 aromatic rings. The normalized spacial score (nSPS) is 20.6. The molecule has 2 atom stereocenters. The zero-order valence-corrected chi connectivity index (χ0v) is 16.5. The van der Waals surface area contributed by atoms with Crippen LogP contribution < -0.4 is 21.7 Å². The van der Waals surface area contributed by atoms with Crippen molar-refractivity contribution in [2.24, 2.45) is 5.73 Å². The molecule has 1 fully saturated rings. The van der Waals surface area contributed by atoms with Gasteiger partial charge in [0.05, 0.1) is 11.6 Å². The van der Waals surface area contributed by atoms with E-state index in [0.29, 0.717) is 12.0 Å². The second-order valence-electron chi connectivity index (χ2n) is 7.39. The summed E-state index contributed by atoms with van der Waals surface area (Å²) in [5, 5.41) is 8.07. The first-order valence-electron chi connectivity index (χ1n) is 9.47. The summed E-state index contributed by atoms with van der Waals surface area (Å²) in [6.07, 6.45) is 0.377. The van der Waals surface area contributed by atoms with E-state index in [1.54, 1.807) is 13.0 Å². The maximum atomic E-state index is 14.6. The Bertz CT molecular complexity index is 933. The van der Waals surface area contributed by atoms with Gasteiger partial charge in [-0.2, -0.15) is 0 Å². The molecular weight excluding hydrogens is 402 g/mol. The molecule has 5 N–H and O–H groups in total. The van der Waals surface area contributed by atoms with Gasteiger partial charge >= 0.3 is 0 Å². The number of pyridine rings is 1. The first kappa shape index (κ1) is 21.8. The lowest BCUT2D eigenvalue weighted by Gasteiger charge is -2.38. The van der Waals surface area contributed by atoms with Gasteiger partial charge < -0.3 is 21.7 Å². The summed E-state index contributed by atoms with van der Waals surface area (Å²) in [7, 11) is 1.41. The van der Waals surface area contributed by atoms with Gasteiger partial charge in [-0.25, -0.2) is 22.5 Å². The predicted molar refractivity (Wildman–Crippen MR) is 106 cm³/mol. The molecule has 0 bridgehead atoms. The Morgan fingerprint density at radius 3 is 2.57 bits per heavy atom. The van der Waals surface area contributed by atoms with Gasteiger partial charge in [-0.05, 0) is 56.6 Å². The number of aromatic nitrogens is 1. The number of halogens is 4. The average Bonchev–Trinajstić information content (AvgIpc) is 2.62. The Morgan fingerprint density at radius 1 is 1.20 bits per heavy atom. The molecule has 1 saturated carbocycles. The lowest BCUT2D eigenvalue weighted by Crippen LogP contribution is -2.56. The first-order chi connectivity index (χ1) is 14.1. The summed E-state index contributed by atoms with van der Waals surface area (Å²) in [5.41, 5.74) is 5.96. The monoisotopic (exact) mass is 425 g/mol. The summed E-state index contributed by atoms with van der Waals surface area (Å²) in [4.78, 5) is 15.8. The number of carbonyl (C=O) groups excluding carboxylic acids is 1. The molecule has 0 aliphatic heterocycles. The van der Waals surface area contributed by atoms with Crippen molar-refractivity contribution in [2.45, 2.75) is 44.2 Å². The first-order valence-corrected chi connectivity index (χ1v) is 9.47. The highest BCUT2D eigenvalue weighted by atomic mass is 19.3. The molecule has 1 aliphatic rings. The van der Waals surface area contributed by atoms with Crippen molar-refractivity contribution in [1.82, 2.24) is 10.3 Å². The number of aryl methyl sites for hydroxylation is 1. The predicted octanol–water partition coefficient (Wildman–Crippen LogP) is 3.70. The molecule has 1 aromatic heterocycles. The van der Waals surface area contributed by atoms with Crippen LogP contribution in [0.25, 0.3) is 0 Å². The number of hydrogen-bond donors (Lipinski definition) is 4. The van der Waals surface area contributed by atoms with Crippen LogP contribution in [0.15, 0.2) is 24.3 Å². The van der Waals surface area contributed by atoms with Crippen LogP contribution in [0.3, 0.4) is 0 Å². The fraction of sp³-hybridized carbons (Fsp3) is 0.400. The van der Waals surface area contributed by atoms with E-state index in [4.69, 9.17) is 5.73 Å². The zero-order valence-electron chi connectivity index (χ0n) is 16.5. The van der Waals surface area contributed by atoms with E-state index in [1.165, 1.54) is 19.2 Å². The molecule has 1 heterocycles. The van der Waals surface area contributed by atoms with Gasteiger partial charge in [0.25, 0.3) is 11.8 Å². The summed E-state index contributed by atoms with van der Waals surface area (Å²) >= 11 is 0. The second kappa shape index (κ2) is 8.47. The Kier molecular flexibility index (Phi) is 6.16. The number of primary amides is 1. The van der Waals surface area contributed by atoms with Crippen molar-refractivity contribution < 1.29 is 22.4 Å². The minimum atomic E-state index is -2.96. The third kappa shape index (κ3) is 4.64. The molecule has 1 amide bonds. The number of rotatable bonds is 6. The van der Waals surface area contributed by atoms with Crippen LogP contribution in [0.2, 0.25) is 0 Å². The van der Waals surface area contributed by atoms with Crippen molar-refractivity contribution in [3.05, 3.63) is 47.0 Å². The van der Waals surface area contributed by atoms with Crippen LogP contribution in [-0.2, 0) is 0 Å². The highest BCUT2D eigenvalue weighted by Crippen LogP contribution is 2.35. The summed E-state index contributed by atoms with van der Waals surface area (Å²) < 4.78 is 56.7. The fourth-order valence-corrected chi connectivity index (χ4v) is 3.74. The molecule has 30 heavy (non-hydrogen) atoms. The van der Waals surface area contributed by atoms with Gasteiger partial charge in [0.15, 0.2) is 11.6 Å². The minimum Gasteiger partial charge on any atom is -0.365 e. The number of nitrogens with two attached hydrogens (primary N) is 1. The van der Waals surface area contributed by atoms with Gasteiger partial charge in [-0.1, -0.05) is 0 Å². The van der Waals surface area contributed by atoms with E-state index < -0.39 is 35.5 Å². The average molecular weight is 425 g/mol. The van der Waals surface area contributed by atoms with E-state index in [2.05, 4.69) is 20.9 Å². The second-order valence-corrected chi connectivity index (χ2v) is 7.39. The summed E-state index contributed by atoms with van der Waals surface area (Å²) in [5.74, 6) is -5.75.